The zero-order valence-electron chi connectivity index (χ0n) is 14.0. The third kappa shape index (κ3) is 3.26. The van der Waals surface area contributed by atoms with Gasteiger partial charge in [0.15, 0.2) is 0 Å². The van der Waals surface area contributed by atoms with Crippen LogP contribution in [0.2, 0.25) is 0 Å². The SMILES string of the molecule is CCOC(=O)N1CCN([C@@H](C)c2nc3ccccc3c(=O)[nH]2)CC1. The monoisotopic (exact) mass is 330 g/mol. The van der Waals surface area contributed by atoms with E-state index in [9.17, 15) is 9.59 Å². The van der Waals surface area contributed by atoms with Crippen molar-refractivity contribution >= 4 is 17.0 Å². The van der Waals surface area contributed by atoms with Crippen molar-refractivity contribution in [2.45, 2.75) is 19.9 Å². The average Bonchev–Trinajstić information content (AvgIpc) is 2.61. The zero-order chi connectivity index (χ0) is 17.1. The average molecular weight is 330 g/mol. The second kappa shape index (κ2) is 7.00. The van der Waals surface area contributed by atoms with Gasteiger partial charge in [0.2, 0.25) is 0 Å². The molecule has 1 aromatic heterocycles. The van der Waals surface area contributed by atoms with Crippen LogP contribution in [0.15, 0.2) is 29.1 Å². The number of nitrogens with one attached hydrogen (secondary N) is 1. The molecule has 7 nitrogen and oxygen atoms in total. The van der Waals surface area contributed by atoms with Crippen LogP contribution >= 0.6 is 0 Å². The fourth-order valence-corrected chi connectivity index (χ4v) is 2.98. The predicted molar refractivity (Wildman–Crippen MR) is 90.9 cm³/mol. The molecule has 1 aliphatic rings. The van der Waals surface area contributed by atoms with Gasteiger partial charge in [0.25, 0.3) is 5.56 Å². The van der Waals surface area contributed by atoms with E-state index in [4.69, 9.17) is 4.74 Å². The fraction of sp³-hybridized carbons (Fsp3) is 0.471. The van der Waals surface area contributed by atoms with Crippen molar-refractivity contribution < 1.29 is 9.53 Å². The van der Waals surface area contributed by atoms with Gasteiger partial charge in [-0.3, -0.25) is 9.69 Å². The van der Waals surface area contributed by atoms with Gasteiger partial charge < -0.3 is 14.6 Å². The summed E-state index contributed by atoms with van der Waals surface area (Å²) in [7, 11) is 0. The number of piperazine rings is 1. The maximum atomic E-state index is 12.2. The van der Waals surface area contributed by atoms with Crippen molar-refractivity contribution in [3.63, 3.8) is 0 Å². The lowest BCUT2D eigenvalue weighted by atomic mass is 10.2. The van der Waals surface area contributed by atoms with Gasteiger partial charge in [-0.1, -0.05) is 12.1 Å². The number of H-pyrrole nitrogens is 1. The van der Waals surface area contributed by atoms with Crippen LogP contribution in [0.1, 0.15) is 25.7 Å². The zero-order valence-corrected chi connectivity index (χ0v) is 14.0. The topological polar surface area (TPSA) is 78.5 Å². The molecule has 1 amide bonds. The van der Waals surface area contributed by atoms with Gasteiger partial charge in [0, 0.05) is 26.2 Å². The van der Waals surface area contributed by atoms with E-state index in [1.807, 2.05) is 25.1 Å². The summed E-state index contributed by atoms with van der Waals surface area (Å²) in [5.74, 6) is 0.656. The number of carbonyl (C=O) groups is 1. The third-order valence-corrected chi connectivity index (χ3v) is 4.41. The van der Waals surface area contributed by atoms with Crippen LogP contribution in [-0.4, -0.2) is 58.6 Å². The summed E-state index contributed by atoms with van der Waals surface area (Å²) in [6.07, 6.45) is -0.262. The molecule has 1 N–H and O–H groups in total. The largest absolute Gasteiger partial charge is 0.450 e. The fourth-order valence-electron chi connectivity index (χ4n) is 2.98. The summed E-state index contributed by atoms with van der Waals surface area (Å²) in [6, 6.07) is 7.30. The van der Waals surface area contributed by atoms with Crippen LogP contribution in [-0.2, 0) is 4.74 Å². The highest BCUT2D eigenvalue weighted by atomic mass is 16.6. The molecular weight excluding hydrogens is 308 g/mol. The van der Waals surface area contributed by atoms with E-state index < -0.39 is 0 Å². The second-order valence-electron chi connectivity index (χ2n) is 5.87. The molecule has 0 saturated carbocycles. The number of nitrogens with zero attached hydrogens (tertiary/aromatic N) is 3. The summed E-state index contributed by atoms with van der Waals surface area (Å²) >= 11 is 0. The number of aromatic nitrogens is 2. The minimum Gasteiger partial charge on any atom is -0.450 e. The lowest BCUT2D eigenvalue weighted by molar-refractivity contribution is 0.0673. The van der Waals surface area contributed by atoms with Crippen LogP contribution < -0.4 is 5.56 Å². The molecule has 1 saturated heterocycles. The van der Waals surface area contributed by atoms with Crippen molar-refractivity contribution in [2.24, 2.45) is 0 Å². The molecule has 2 heterocycles. The summed E-state index contributed by atoms with van der Waals surface area (Å²) in [5, 5.41) is 0.598. The van der Waals surface area contributed by atoms with Crippen LogP contribution in [0, 0.1) is 0 Å². The lowest BCUT2D eigenvalue weighted by Crippen LogP contribution is -2.49. The summed E-state index contributed by atoms with van der Waals surface area (Å²) < 4.78 is 5.03. The Bertz CT molecular complexity index is 781. The number of rotatable bonds is 3. The van der Waals surface area contributed by atoms with Crippen LogP contribution in [0.3, 0.4) is 0 Å². The van der Waals surface area contributed by atoms with E-state index in [-0.39, 0.29) is 17.7 Å². The Morgan fingerprint density at radius 1 is 1.29 bits per heavy atom. The molecule has 2 aromatic rings. The Morgan fingerprint density at radius 2 is 2.00 bits per heavy atom. The number of benzene rings is 1. The van der Waals surface area contributed by atoms with E-state index in [2.05, 4.69) is 14.9 Å². The highest BCUT2D eigenvalue weighted by Gasteiger charge is 2.26. The molecule has 3 rings (SSSR count). The van der Waals surface area contributed by atoms with E-state index in [0.29, 0.717) is 36.4 Å². The van der Waals surface area contributed by atoms with E-state index in [1.165, 1.54) is 0 Å². The predicted octanol–water partition coefficient (Wildman–Crippen LogP) is 1.76. The van der Waals surface area contributed by atoms with Crippen molar-refractivity contribution in [3.05, 3.63) is 40.4 Å². The van der Waals surface area contributed by atoms with Crippen molar-refractivity contribution in [1.29, 1.82) is 0 Å². The van der Waals surface area contributed by atoms with Gasteiger partial charge in [-0.15, -0.1) is 0 Å². The molecule has 1 aliphatic heterocycles. The van der Waals surface area contributed by atoms with Crippen molar-refractivity contribution in [3.8, 4) is 0 Å². The number of para-hydroxylation sites is 1. The number of carbonyl (C=O) groups excluding carboxylic acids is 1. The first-order valence-electron chi connectivity index (χ1n) is 8.25. The smallest absolute Gasteiger partial charge is 0.409 e. The standard InChI is InChI=1S/C17H22N4O3/c1-3-24-17(23)21-10-8-20(9-11-21)12(2)15-18-14-7-5-4-6-13(14)16(22)19-15/h4-7,12H,3,8-11H2,1-2H3,(H,18,19,22)/t12-/m0/s1. The van der Waals surface area contributed by atoms with Gasteiger partial charge in [-0.2, -0.15) is 0 Å². The Labute approximate surface area is 140 Å². The minimum absolute atomic E-state index is 0.0216. The molecule has 0 spiro atoms. The molecule has 7 heteroatoms. The van der Waals surface area contributed by atoms with E-state index in [1.54, 1.807) is 17.9 Å². The number of fused-ring (bicyclic) bond motifs is 1. The number of hydrogen-bond acceptors (Lipinski definition) is 5. The molecule has 1 fully saturated rings. The van der Waals surface area contributed by atoms with Gasteiger partial charge in [0.05, 0.1) is 23.6 Å². The minimum atomic E-state index is -0.262. The first kappa shape index (κ1) is 16.4. The summed E-state index contributed by atoms with van der Waals surface area (Å²) in [5.41, 5.74) is 0.584. The van der Waals surface area contributed by atoms with E-state index >= 15 is 0 Å². The number of ether oxygens (including phenoxy) is 1. The summed E-state index contributed by atoms with van der Waals surface area (Å²) in [6.45, 7) is 6.87. The Balaban J connectivity index is 1.73. The molecule has 0 radical (unpaired) electrons. The van der Waals surface area contributed by atoms with Crippen molar-refractivity contribution in [1.82, 2.24) is 19.8 Å². The molecule has 1 aromatic carbocycles. The molecular formula is C17H22N4O3. The number of hydrogen-bond donors (Lipinski definition) is 1. The van der Waals surface area contributed by atoms with Gasteiger partial charge >= 0.3 is 6.09 Å². The number of aromatic amines is 1. The Morgan fingerprint density at radius 3 is 2.71 bits per heavy atom. The number of amides is 1. The van der Waals surface area contributed by atoms with E-state index in [0.717, 1.165) is 13.1 Å². The second-order valence-corrected chi connectivity index (χ2v) is 5.87. The van der Waals surface area contributed by atoms with Crippen LogP contribution in [0.5, 0.6) is 0 Å². The summed E-state index contributed by atoms with van der Waals surface area (Å²) in [4.78, 5) is 35.4. The molecule has 128 valence electrons. The molecule has 24 heavy (non-hydrogen) atoms. The van der Waals surface area contributed by atoms with Gasteiger partial charge in [0.1, 0.15) is 5.82 Å². The first-order valence-corrected chi connectivity index (χ1v) is 8.25. The molecule has 0 unspecified atom stereocenters. The highest BCUT2D eigenvalue weighted by Crippen LogP contribution is 2.19. The lowest BCUT2D eigenvalue weighted by Gasteiger charge is -2.37. The maximum absolute atomic E-state index is 12.2. The van der Waals surface area contributed by atoms with Gasteiger partial charge in [-0.25, -0.2) is 9.78 Å². The molecule has 0 bridgehead atoms. The Kier molecular flexibility index (Phi) is 4.80. The van der Waals surface area contributed by atoms with Gasteiger partial charge in [-0.05, 0) is 26.0 Å². The van der Waals surface area contributed by atoms with Crippen LogP contribution in [0.25, 0.3) is 10.9 Å². The quantitative estimate of drug-likeness (QED) is 0.928. The highest BCUT2D eigenvalue weighted by molar-refractivity contribution is 5.77. The first-order chi connectivity index (χ1) is 11.6. The normalized spacial score (nSPS) is 17.0. The molecule has 1 atom stereocenters. The third-order valence-electron chi connectivity index (χ3n) is 4.41. The Hall–Kier alpha value is -2.41. The molecule has 0 aliphatic carbocycles. The van der Waals surface area contributed by atoms with Crippen LogP contribution in [0.4, 0.5) is 4.79 Å². The maximum Gasteiger partial charge on any atom is 0.409 e. The van der Waals surface area contributed by atoms with Crippen molar-refractivity contribution in [2.75, 3.05) is 32.8 Å².